The maximum Gasteiger partial charge on any atom is 0.270 e. The van der Waals surface area contributed by atoms with Gasteiger partial charge in [-0.25, -0.2) is 4.98 Å². The number of nitro benzene ring substituents is 1. The molecule has 8 heteroatoms. The van der Waals surface area contributed by atoms with Gasteiger partial charge in [0.15, 0.2) is 0 Å². The predicted molar refractivity (Wildman–Crippen MR) is 80.2 cm³/mol. The van der Waals surface area contributed by atoms with Gasteiger partial charge < -0.3 is 9.88 Å². The molecule has 2 rings (SSSR count). The number of carbonyl (C=O) groups excluding carboxylic acids is 1. The molecule has 0 spiro atoms. The molecule has 0 radical (unpaired) electrons. The van der Waals surface area contributed by atoms with Crippen LogP contribution >= 0.6 is 22.6 Å². The van der Waals surface area contributed by atoms with Crippen LogP contribution in [0.4, 0.5) is 5.69 Å². The van der Waals surface area contributed by atoms with Crippen LogP contribution < -0.4 is 5.32 Å². The lowest BCUT2D eigenvalue weighted by Gasteiger charge is -2.07. The topological polar surface area (TPSA) is 90.1 Å². The normalized spacial score (nSPS) is 10.3. The van der Waals surface area contributed by atoms with Gasteiger partial charge >= 0.3 is 0 Å². The Morgan fingerprint density at radius 3 is 2.85 bits per heavy atom. The van der Waals surface area contributed by atoms with Gasteiger partial charge in [-0.1, -0.05) is 0 Å². The van der Waals surface area contributed by atoms with Crippen LogP contribution in [0.15, 0.2) is 30.6 Å². The molecule has 20 heavy (non-hydrogen) atoms. The first-order valence-electron chi connectivity index (χ1n) is 5.67. The van der Waals surface area contributed by atoms with Gasteiger partial charge in [0.05, 0.1) is 17.0 Å². The molecule has 7 nitrogen and oxygen atoms in total. The first-order valence-corrected chi connectivity index (χ1v) is 6.75. The van der Waals surface area contributed by atoms with Gasteiger partial charge in [0.2, 0.25) is 0 Å². The van der Waals surface area contributed by atoms with E-state index in [2.05, 4.69) is 10.3 Å². The van der Waals surface area contributed by atoms with Crippen molar-refractivity contribution in [2.75, 3.05) is 0 Å². The summed E-state index contributed by atoms with van der Waals surface area (Å²) < 4.78 is 2.34. The molecular weight excluding hydrogens is 375 g/mol. The lowest BCUT2D eigenvalue weighted by atomic mass is 10.2. The summed E-state index contributed by atoms with van der Waals surface area (Å²) in [7, 11) is 1.84. The van der Waals surface area contributed by atoms with Crippen LogP contribution in [0, 0.1) is 13.7 Å². The monoisotopic (exact) mass is 386 g/mol. The van der Waals surface area contributed by atoms with Crippen molar-refractivity contribution < 1.29 is 9.72 Å². The number of non-ortho nitro benzene ring substituents is 1. The van der Waals surface area contributed by atoms with E-state index in [1.54, 1.807) is 17.0 Å². The average molecular weight is 386 g/mol. The SMILES string of the molecule is Cn1ccnc1CNC(=O)c1ccc([N+](=O)[O-])cc1I. The van der Waals surface area contributed by atoms with Gasteiger partial charge in [-0.3, -0.25) is 14.9 Å². The number of nitro groups is 1. The minimum absolute atomic E-state index is 0.0324. The maximum atomic E-state index is 12.0. The number of hydrogen-bond acceptors (Lipinski definition) is 4. The zero-order valence-corrected chi connectivity index (χ0v) is 12.7. The molecule has 0 atom stereocenters. The van der Waals surface area contributed by atoms with Crippen molar-refractivity contribution in [1.29, 1.82) is 0 Å². The molecule has 2 aromatic rings. The molecule has 1 amide bonds. The molecule has 0 bridgehead atoms. The summed E-state index contributed by atoms with van der Waals surface area (Å²) in [6.45, 7) is 0.301. The predicted octanol–water partition coefficient (Wildman–Crippen LogP) is 1.86. The molecule has 0 saturated heterocycles. The molecular formula is C12H11IN4O3. The number of hydrogen-bond donors (Lipinski definition) is 1. The van der Waals surface area contributed by atoms with E-state index in [1.807, 2.05) is 29.6 Å². The zero-order valence-electron chi connectivity index (χ0n) is 10.5. The third-order valence-electron chi connectivity index (χ3n) is 2.74. The number of nitrogens with one attached hydrogen (secondary N) is 1. The Balaban J connectivity index is 2.10. The molecule has 0 fully saturated rings. The highest BCUT2D eigenvalue weighted by Gasteiger charge is 2.14. The van der Waals surface area contributed by atoms with E-state index in [-0.39, 0.29) is 11.6 Å². The number of aryl methyl sites for hydroxylation is 1. The van der Waals surface area contributed by atoms with Crippen molar-refractivity contribution in [1.82, 2.24) is 14.9 Å². The highest BCUT2D eigenvalue weighted by Crippen LogP contribution is 2.19. The number of benzene rings is 1. The first kappa shape index (κ1) is 14.4. The third kappa shape index (κ3) is 3.13. The van der Waals surface area contributed by atoms with E-state index < -0.39 is 4.92 Å². The zero-order chi connectivity index (χ0) is 14.7. The number of amides is 1. The van der Waals surface area contributed by atoms with Crippen molar-refractivity contribution >= 4 is 34.2 Å². The highest BCUT2D eigenvalue weighted by molar-refractivity contribution is 14.1. The molecule has 1 aromatic heterocycles. The number of nitrogens with zero attached hydrogens (tertiary/aromatic N) is 3. The largest absolute Gasteiger partial charge is 0.345 e. The molecule has 1 heterocycles. The van der Waals surface area contributed by atoms with Gasteiger partial charge in [-0.05, 0) is 28.7 Å². The number of aromatic nitrogens is 2. The van der Waals surface area contributed by atoms with Crippen LogP contribution in [0.5, 0.6) is 0 Å². The lowest BCUT2D eigenvalue weighted by Crippen LogP contribution is -2.25. The second-order valence-corrected chi connectivity index (χ2v) is 5.22. The third-order valence-corrected chi connectivity index (χ3v) is 3.63. The van der Waals surface area contributed by atoms with Crippen molar-refractivity contribution in [2.45, 2.75) is 6.54 Å². The standard InChI is InChI=1S/C12H11IN4O3/c1-16-5-4-14-11(16)7-15-12(18)9-3-2-8(17(19)20)6-10(9)13/h2-6H,7H2,1H3,(H,15,18). The van der Waals surface area contributed by atoms with Crippen molar-refractivity contribution in [3.05, 3.63) is 55.7 Å². The van der Waals surface area contributed by atoms with Crippen LogP contribution in [0.1, 0.15) is 16.2 Å². The maximum absolute atomic E-state index is 12.0. The number of rotatable bonds is 4. The van der Waals surface area contributed by atoms with Gasteiger partial charge in [0.25, 0.3) is 11.6 Å². The van der Waals surface area contributed by atoms with Crippen LogP contribution in [-0.2, 0) is 13.6 Å². The molecule has 104 valence electrons. The second kappa shape index (κ2) is 5.99. The summed E-state index contributed by atoms with van der Waals surface area (Å²) in [6, 6.07) is 4.14. The second-order valence-electron chi connectivity index (χ2n) is 4.06. The quantitative estimate of drug-likeness (QED) is 0.494. The Morgan fingerprint density at radius 1 is 1.55 bits per heavy atom. The summed E-state index contributed by atoms with van der Waals surface area (Å²) in [5, 5.41) is 13.4. The Hall–Kier alpha value is -1.97. The number of halogens is 1. The lowest BCUT2D eigenvalue weighted by molar-refractivity contribution is -0.384. The van der Waals surface area contributed by atoms with Crippen LogP contribution in [0.2, 0.25) is 0 Å². The van der Waals surface area contributed by atoms with Crippen LogP contribution in [-0.4, -0.2) is 20.4 Å². The number of imidazole rings is 1. The summed E-state index contributed by atoms with van der Waals surface area (Å²) in [5.74, 6) is 0.447. The fourth-order valence-corrected chi connectivity index (χ4v) is 2.37. The summed E-state index contributed by atoms with van der Waals surface area (Å²) in [4.78, 5) is 26.3. The van der Waals surface area contributed by atoms with E-state index >= 15 is 0 Å². The summed E-state index contributed by atoms with van der Waals surface area (Å²) in [6.07, 6.45) is 3.44. The molecule has 0 saturated carbocycles. The van der Waals surface area contributed by atoms with E-state index in [0.717, 1.165) is 5.82 Å². The van der Waals surface area contributed by atoms with E-state index in [0.29, 0.717) is 15.7 Å². The van der Waals surface area contributed by atoms with E-state index in [9.17, 15) is 14.9 Å². The van der Waals surface area contributed by atoms with Crippen molar-refractivity contribution in [3.8, 4) is 0 Å². The highest BCUT2D eigenvalue weighted by atomic mass is 127. The smallest absolute Gasteiger partial charge is 0.270 e. The van der Waals surface area contributed by atoms with E-state index in [4.69, 9.17) is 0 Å². The van der Waals surface area contributed by atoms with Gasteiger partial charge in [-0.15, -0.1) is 0 Å². The Kier molecular flexibility index (Phi) is 4.32. The Labute approximate surface area is 128 Å². The van der Waals surface area contributed by atoms with Crippen molar-refractivity contribution in [3.63, 3.8) is 0 Å². The molecule has 0 aliphatic heterocycles. The van der Waals surface area contributed by atoms with Crippen LogP contribution in [0.3, 0.4) is 0 Å². The van der Waals surface area contributed by atoms with Gasteiger partial charge in [0.1, 0.15) is 5.82 Å². The molecule has 1 aromatic carbocycles. The van der Waals surface area contributed by atoms with Gasteiger partial charge in [0, 0.05) is 35.1 Å². The van der Waals surface area contributed by atoms with Crippen LogP contribution in [0.25, 0.3) is 0 Å². The average Bonchev–Trinajstić information content (AvgIpc) is 2.81. The molecule has 1 N–H and O–H groups in total. The number of carbonyl (C=O) groups is 1. The minimum Gasteiger partial charge on any atom is -0.345 e. The van der Waals surface area contributed by atoms with Gasteiger partial charge in [-0.2, -0.15) is 0 Å². The Bertz CT molecular complexity index is 668. The summed E-state index contributed by atoms with van der Waals surface area (Å²) in [5.41, 5.74) is 0.375. The fraction of sp³-hybridized carbons (Fsp3) is 0.167. The summed E-state index contributed by atoms with van der Waals surface area (Å²) >= 11 is 1.91. The molecule has 0 unspecified atom stereocenters. The molecule has 0 aliphatic rings. The fourth-order valence-electron chi connectivity index (χ4n) is 1.62. The minimum atomic E-state index is -0.488. The van der Waals surface area contributed by atoms with E-state index in [1.165, 1.54) is 18.2 Å². The molecule has 0 aliphatic carbocycles. The van der Waals surface area contributed by atoms with Crippen molar-refractivity contribution in [2.24, 2.45) is 7.05 Å². The Morgan fingerprint density at radius 2 is 2.30 bits per heavy atom. The first-order chi connectivity index (χ1) is 9.49.